The van der Waals surface area contributed by atoms with E-state index < -0.39 is 5.82 Å². The molecule has 0 aliphatic heterocycles. The second-order valence-corrected chi connectivity index (χ2v) is 4.71. The number of nitrogens with zero attached hydrogens (tertiary/aromatic N) is 2. The van der Waals surface area contributed by atoms with Crippen molar-refractivity contribution in [3.63, 3.8) is 0 Å². The maximum absolute atomic E-state index is 13.6. The van der Waals surface area contributed by atoms with Crippen molar-refractivity contribution < 1.29 is 4.39 Å². The Kier molecular flexibility index (Phi) is 3.92. The monoisotopic (exact) mass is 296 g/mol. The van der Waals surface area contributed by atoms with Gasteiger partial charge in [-0.05, 0) is 31.2 Å². The third-order valence-corrected chi connectivity index (χ3v) is 2.73. The van der Waals surface area contributed by atoms with Crippen LogP contribution in [0.3, 0.4) is 0 Å². The highest BCUT2D eigenvalue weighted by Gasteiger charge is 2.08. The maximum atomic E-state index is 13.6. The second-order valence-electron chi connectivity index (χ2n) is 3.83. The molecule has 4 nitrogen and oxygen atoms in total. The third-order valence-electron chi connectivity index (χ3n) is 2.28. The molecular formula is C12H10ClFN4S. The van der Waals surface area contributed by atoms with Crippen molar-refractivity contribution in [3.05, 3.63) is 46.5 Å². The fraction of sp³-hybridized carbons (Fsp3) is 0.0833. The van der Waals surface area contributed by atoms with Crippen molar-refractivity contribution in [1.82, 2.24) is 9.97 Å². The van der Waals surface area contributed by atoms with Crippen molar-refractivity contribution in [2.75, 3.05) is 5.32 Å². The molecule has 0 radical (unpaired) electrons. The van der Waals surface area contributed by atoms with Gasteiger partial charge in [-0.3, -0.25) is 0 Å². The molecule has 98 valence electrons. The van der Waals surface area contributed by atoms with E-state index in [-0.39, 0.29) is 16.6 Å². The zero-order valence-corrected chi connectivity index (χ0v) is 11.5. The lowest BCUT2D eigenvalue weighted by atomic mass is 10.3. The topological polar surface area (TPSA) is 63.8 Å². The van der Waals surface area contributed by atoms with Gasteiger partial charge in [-0.15, -0.1) is 0 Å². The molecule has 0 saturated heterocycles. The Labute approximate surface area is 119 Å². The molecule has 1 heterocycles. The van der Waals surface area contributed by atoms with Crippen LogP contribution in [0.15, 0.2) is 24.3 Å². The van der Waals surface area contributed by atoms with Crippen LogP contribution in [-0.2, 0) is 0 Å². The lowest BCUT2D eigenvalue weighted by Crippen LogP contribution is -2.14. The van der Waals surface area contributed by atoms with Gasteiger partial charge in [-0.25, -0.2) is 14.4 Å². The minimum Gasteiger partial charge on any atom is -0.388 e. The van der Waals surface area contributed by atoms with Crippen molar-refractivity contribution in [2.45, 2.75) is 6.92 Å². The molecule has 19 heavy (non-hydrogen) atoms. The molecule has 0 fully saturated rings. The maximum Gasteiger partial charge on any atom is 0.228 e. The minimum atomic E-state index is -0.452. The Bertz CT molecular complexity index is 648. The van der Waals surface area contributed by atoms with Gasteiger partial charge in [0.25, 0.3) is 0 Å². The van der Waals surface area contributed by atoms with Crippen LogP contribution in [0.1, 0.15) is 11.4 Å². The highest BCUT2D eigenvalue weighted by Crippen LogP contribution is 2.22. The third kappa shape index (κ3) is 3.36. The largest absolute Gasteiger partial charge is 0.388 e. The van der Waals surface area contributed by atoms with Crippen LogP contribution < -0.4 is 11.1 Å². The zero-order chi connectivity index (χ0) is 14.0. The second kappa shape index (κ2) is 5.46. The van der Waals surface area contributed by atoms with Gasteiger partial charge in [0.2, 0.25) is 5.95 Å². The summed E-state index contributed by atoms with van der Waals surface area (Å²) in [6, 6.07) is 5.82. The number of aromatic nitrogens is 2. The van der Waals surface area contributed by atoms with Gasteiger partial charge >= 0.3 is 0 Å². The first-order valence-corrected chi connectivity index (χ1v) is 6.12. The summed E-state index contributed by atoms with van der Waals surface area (Å²) >= 11 is 10.7. The molecule has 0 unspecified atom stereocenters. The van der Waals surface area contributed by atoms with E-state index in [1.54, 1.807) is 13.0 Å². The van der Waals surface area contributed by atoms with Gasteiger partial charge < -0.3 is 11.1 Å². The van der Waals surface area contributed by atoms with E-state index in [4.69, 9.17) is 29.6 Å². The van der Waals surface area contributed by atoms with Gasteiger partial charge in [-0.1, -0.05) is 23.8 Å². The summed E-state index contributed by atoms with van der Waals surface area (Å²) in [7, 11) is 0. The van der Waals surface area contributed by atoms with Crippen LogP contribution in [0, 0.1) is 12.7 Å². The molecule has 0 saturated carbocycles. The van der Waals surface area contributed by atoms with Crippen LogP contribution in [0.25, 0.3) is 0 Å². The highest BCUT2D eigenvalue weighted by atomic mass is 35.5. The number of anilines is 2. The number of hydrogen-bond acceptors (Lipinski definition) is 4. The molecule has 0 amide bonds. The van der Waals surface area contributed by atoms with Gasteiger partial charge in [0, 0.05) is 10.7 Å². The van der Waals surface area contributed by atoms with Crippen molar-refractivity contribution in [3.8, 4) is 0 Å². The Morgan fingerprint density at radius 3 is 2.79 bits per heavy atom. The van der Waals surface area contributed by atoms with Gasteiger partial charge in [0.1, 0.15) is 16.5 Å². The molecule has 1 aromatic carbocycles. The fourth-order valence-corrected chi connectivity index (χ4v) is 1.74. The van der Waals surface area contributed by atoms with E-state index >= 15 is 0 Å². The standard InChI is InChI=1S/C12H10ClFN4S/c1-6-4-10(11(15)19)18-12(16-6)17-9-5-7(13)2-3-8(9)14/h2-5H,1H3,(H2,15,19)(H,16,17,18). The number of nitrogens with two attached hydrogens (primary N) is 1. The smallest absolute Gasteiger partial charge is 0.228 e. The molecule has 0 spiro atoms. The molecule has 2 aromatic rings. The molecule has 0 bridgehead atoms. The number of rotatable bonds is 3. The van der Waals surface area contributed by atoms with E-state index in [0.29, 0.717) is 16.4 Å². The number of halogens is 2. The Morgan fingerprint density at radius 1 is 1.37 bits per heavy atom. The minimum absolute atomic E-state index is 0.153. The molecule has 1 aromatic heterocycles. The van der Waals surface area contributed by atoms with E-state index in [1.807, 2.05) is 0 Å². The van der Waals surface area contributed by atoms with Crippen LogP contribution in [0.5, 0.6) is 0 Å². The highest BCUT2D eigenvalue weighted by molar-refractivity contribution is 7.80. The Hall–Kier alpha value is -1.79. The molecular weight excluding hydrogens is 287 g/mol. The number of aryl methyl sites for hydroxylation is 1. The van der Waals surface area contributed by atoms with Crippen molar-refractivity contribution in [2.24, 2.45) is 5.73 Å². The summed E-state index contributed by atoms with van der Waals surface area (Å²) in [6.45, 7) is 1.77. The molecule has 0 atom stereocenters. The summed E-state index contributed by atoms with van der Waals surface area (Å²) in [5.41, 5.74) is 6.80. The summed E-state index contributed by atoms with van der Waals surface area (Å²) in [5.74, 6) is -0.240. The number of thiocarbonyl (C=S) groups is 1. The average molecular weight is 297 g/mol. The first-order valence-electron chi connectivity index (χ1n) is 5.33. The Balaban J connectivity index is 2.38. The lowest BCUT2D eigenvalue weighted by Gasteiger charge is -2.08. The van der Waals surface area contributed by atoms with Gasteiger partial charge in [0.05, 0.1) is 5.69 Å². The molecule has 0 aliphatic rings. The fourth-order valence-electron chi connectivity index (χ4n) is 1.46. The molecule has 2 rings (SSSR count). The van der Waals surface area contributed by atoms with E-state index in [9.17, 15) is 4.39 Å². The van der Waals surface area contributed by atoms with E-state index in [1.165, 1.54) is 18.2 Å². The predicted octanol–water partition coefficient (Wildman–Crippen LogP) is 2.96. The van der Waals surface area contributed by atoms with Crippen molar-refractivity contribution in [1.29, 1.82) is 0 Å². The summed E-state index contributed by atoms with van der Waals surface area (Å²) < 4.78 is 13.6. The lowest BCUT2D eigenvalue weighted by molar-refractivity contribution is 0.631. The van der Waals surface area contributed by atoms with E-state index in [0.717, 1.165) is 0 Å². The SMILES string of the molecule is Cc1cc(C(N)=S)nc(Nc2cc(Cl)ccc2F)n1. The first kappa shape index (κ1) is 13.6. The average Bonchev–Trinajstić information content (AvgIpc) is 2.33. The summed E-state index contributed by atoms with van der Waals surface area (Å²) in [4.78, 5) is 8.39. The van der Waals surface area contributed by atoms with Crippen LogP contribution in [0.2, 0.25) is 5.02 Å². The van der Waals surface area contributed by atoms with Crippen LogP contribution >= 0.6 is 23.8 Å². The normalized spacial score (nSPS) is 10.3. The Morgan fingerprint density at radius 2 is 2.11 bits per heavy atom. The number of benzene rings is 1. The van der Waals surface area contributed by atoms with Gasteiger partial charge in [0.15, 0.2) is 0 Å². The zero-order valence-electron chi connectivity index (χ0n) is 9.95. The van der Waals surface area contributed by atoms with Gasteiger partial charge in [-0.2, -0.15) is 0 Å². The summed E-state index contributed by atoms with van der Waals surface area (Å²) in [6.07, 6.45) is 0. The van der Waals surface area contributed by atoms with Crippen LogP contribution in [0.4, 0.5) is 16.0 Å². The number of hydrogen-bond donors (Lipinski definition) is 2. The quantitative estimate of drug-likeness (QED) is 0.853. The van der Waals surface area contributed by atoms with Crippen molar-refractivity contribution >= 4 is 40.4 Å². The molecule has 7 heteroatoms. The summed E-state index contributed by atoms with van der Waals surface area (Å²) in [5, 5.41) is 3.16. The number of nitrogens with one attached hydrogen (secondary N) is 1. The predicted molar refractivity (Wildman–Crippen MR) is 77.3 cm³/mol. The molecule has 3 N–H and O–H groups in total. The van der Waals surface area contributed by atoms with E-state index in [2.05, 4.69) is 15.3 Å². The first-order chi connectivity index (χ1) is 8.95. The molecule has 0 aliphatic carbocycles. The van der Waals surface area contributed by atoms with Crippen LogP contribution in [-0.4, -0.2) is 15.0 Å².